The molecule has 0 fully saturated rings. The first-order chi connectivity index (χ1) is 10.0. The minimum Gasteiger partial charge on any atom is -0.456 e. The molecule has 1 aromatic carbocycles. The zero-order valence-electron chi connectivity index (χ0n) is 12.0. The van der Waals surface area contributed by atoms with Crippen LogP contribution in [-0.4, -0.2) is 12.5 Å². The van der Waals surface area contributed by atoms with Crippen molar-refractivity contribution in [2.45, 2.75) is 20.4 Å². The number of rotatable bonds is 5. The lowest BCUT2D eigenvalue weighted by atomic mass is 10.2. The van der Waals surface area contributed by atoms with Crippen LogP contribution in [0.1, 0.15) is 28.8 Å². The van der Waals surface area contributed by atoms with E-state index in [2.05, 4.69) is 4.90 Å². The highest BCUT2D eigenvalue weighted by Gasteiger charge is 2.15. The molecule has 6 heteroatoms. The van der Waals surface area contributed by atoms with E-state index in [0.29, 0.717) is 12.3 Å². The molecular weight excluding hydrogens is 273 g/mol. The number of nitrogens with two attached hydrogens (primary N) is 1. The van der Waals surface area contributed by atoms with Crippen molar-refractivity contribution in [2.75, 3.05) is 11.4 Å². The van der Waals surface area contributed by atoms with Gasteiger partial charge in [-0.25, -0.2) is 10.2 Å². The van der Waals surface area contributed by atoms with E-state index in [-0.39, 0.29) is 11.6 Å². The van der Waals surface area contributed by atoms with Crippen LogP contribution in [0.5, 0.6) is 0 Å². The molecule has 21 heavy (non-hydrogen) atoms. The molecule has 0 unspecified atom stereocenters. The summed E-state index contributed by atoms with van der Waals surface area (Å²) in [6, 6.07) is 7.97. The predicted octanol–water partition coefficient (Wildman–Crippen LogP) is 2.36. The van der Waals surface area contributed by atoms with E-state index in [1.54, 1.807) is 25.1 Å². The van der Waals surface area contributed by atoms with Crippen molar-refractivity contribution in [1.29, 1.82) is 0 Å². The zero-order valence-corrected chi connectivity index (χ0v) is 12.0. The molecule has 0 saturated heterocycles. The molecule has 1 heterocycles. The van der Waals surface area contributed by atoms with Gasteiger partial charge < -0.3 is 9.32 Å². The van der Waals surface area contributed by atoms with Crippen LogP contribution in [0.15, 0.2) is 34.7 Å². The van der Waals surface area contributed by atoms with Gasteiger partial charge in [0, 0.05) is 24.3 Å². The van der Waals surface area contributed by atoms with Gasteiger partial charge in [0.2, 0.25) is 0 Å². The summed E-state index contributed by atoms with van der Waals surface area (Å²) < 4.78 is 18.4. The van der Waals surface area contributed by atoms with Crippen molar-refractivity contribution >= 4 is 11.6 Å². The Hall–Kier alpha value is -2.34. The maximum absolute atomic E-state index is 13.0. The summed E-state index contributed by atoms with van der Waals surface area (Å²) in [6.45, 7) is 5.11. The quantitative estimate of drug-likeness (QED) is 0.504. The number of hydrogen-bond acceptors (Lipinski definition) is 4. The average Bonchev–Trinajstić information content (AvgIpc) is 2.86. The Bertz CT molecular complexity index is 622. The second-order valence-electron chi connectivity index (χ2n) is 4.66. The van der Waals surface area contributed by atoms with Crippen molar-refractivity contribution < 1.29 is 13.6 Å². The highest BCUT2D eigenvalue weighted by molar-refractivity contribution is 5.91. The van der Waals surface area contributed by atoms with Crippen LogP contribution >= 0.6 is 0 Å². The van der Waals surface area contributed by atoms with E-state index in [0.717, 1.165) is 17.8 Å². The number of carbonyl (C=O) groups is 1. The number of aryl methyl sites for hydroxylation is 1. The van der Waals surface area contributed by atoms with Crippen molar-refractivity contribution in [3.05, 3.63) is 53.2 Å². The number of anilines is 1. The summed E-state index contributed by atoms with van der Waals surface area (Å²) in [7, 11) is 0. The standard InChI is InChI=1S/C15H18FN3O2/c1-3-19(13-6-4-12(16)5-7-13)9-11-8-14(15(20)18-17)21-10(11)2/h4-8H,3,9,17H2,1-2H3,(H,18,20). The Morgan fingerprint density at radius 1 is 1.38 bits per heavy atom. The van der Waals surface area contributed by atoms with Gasteiger partial charge in [-0.1, -0.05) is 0 Å². The van der Waals surface area contributed by atoms with E-state index in [9.17, 15) is 9.18 Å². The number of benzene rings is 1. The number of nitrogen functional groups attached to an aromatic ring is 1. The highest BCUT2D eigenvalue weighted by atomic mass is 19.1. The lowest BCUT2D eigenvalue weighted by Crippen LogP contribution is -2.29. The predicted molar refractivity (Wildman–Crippen MR) is 78.2 cm³/mol. The first-order valence-electron chi connectivity index (χ1n) is 6.66. The van der Waals surface area contributed by atoms with E-state index in [1.807, 2.05) is 12.3 Å². The van der Waals surface area contributed by atoms with Gasteiger partial charge in [-0.3, -0.25) is 10.2 Å². The maximum atomic E-state index is 13.0. The van der Waals surface area contributed by atoms with Gasteiger partial charge in [0.15, 0.2) is 5.76 Å². The number of hydrogen-bond donors (Lipinski definition) is 2. The monoisotopic (exact) mass is 291 g/mol. The first kappa shape index (κ1) is 15.1. The van der Waals surface area contributed by atoms with Gasteiger partial charge in [0.05, 0.1) is 0 Å². The van der Waals surface area contributed by atoms with Gasteiger partial charge in [0.25, 0.3) is 0 Å². The van der Waals surface area contributed by atoms with Crippen molar-refractivity contribution in [1.82, 2.24) is 5.43 Å². The molecule has 0 bridgehead atoms. The Morgan fingerprint density at radius 3 is 2.62 bits per heavy atom. The summed E-state index contributed by atoms with van der Waals surface area (Å²) in [5.41, 5.74) is 3.83. The Kier molecular flexibility index (Phi) is 4.59. The van der Waals surface area contributed by atoms with E-state index in [4.69, 9.17) is 10.3 Å². The molecule has 0 radical (unpaired) electrons. The summed E-state index contributed by atoms with van der Waals surface area (Å²) >= 11 is 0. The summed E-state index contributed by atoms with van der Waals surface area (Å²) in [5, 5.41) is 0. The fourth-order valence-corrected chi connectivity index (χ4v) is 2.10. The molecule has 2 aromatic rings. The topological polar surface area (TPSA) is 71.5 Å². The third-order valence-electron chi connectivity index (χ3n) is 3.31. The second-order valence-corrected chi connectivity index (χ2v) is 4.66. The molecule has 0 saturated carbocycles. The third-order valence-corrected chi connectivity index (χ3v) is 3.31. The molecular formula is C15H18FN3O2. The molecule has 1 amide bonds. The molecule has 2 rings (SSSR count). The average molecular weight is 291 g/mol. The number of carbonyl (C=O) groups excluding carboxylic acids is 1. The molecule has 1 aromatic heterocycles. The van der Waals surface area contributed by atoms with Crippen LogP contribution in [0.25, 0.3) is 0 Å². The molecule has 5 nitrogen and oxygen atoms in total. The SMILES string of the molecule is CCN(Cc1cc(C(=O)NN)oc1C)c1ccc(F)cc1. The van der Waals surface area contributed by atoms with Crippen molar-refractivity contribution in [2.24, 2.45) is 5.84 Å². The van der Waals surface area contributed by atoms with Crippen LogP contribution in [-0.2, 0) is 6.54 Å². The normalized spacial score (nSPS) is 10.5. The number of hydrazine groups is 1. The van der Waals surface area contributed by atoms with Crippen LogP contribution in [0, 0.1) is 12.7 Å². The molecule has 0 aliphatic carbocycles. The molecule has 0 aliphatic rings. The van der Waals surface area contributed by atoms with Crippen LogP contribution in [0.2, 0.25) is 0 Å². The number of amides is 1. The van der Waals surface area contributed by atoms with Gasteiger partial charge in [-0.2, -0.15) is 0 Å². The maximum Gasteiger partial charge on any atom is 0.300 e. The Labute approximate surface area is 122 Å². The Balaban J connectivity index is 2.20. The van der Waals surface area contributed by atoms with E-state index < -0.39 is 5.91 Å². The summed E-state index contributed by atoms with van der Waals surface area (Å²) in [5.74, 6) is 5.20. The largest absolute Gasteiger partial charge is 0.456 e. The van der Waals surface area contributed by atoms with Gasteiger partial charge in [-0.05, 0) is 44.2 Å². The molecule has 0 atom stereocenters. The van der Waals surface area contributed by atoms with Gasteiger partial charge in [-0.15, -0.1) is 0 Å². The Morgan fingerprint density at radius 2 is 2.05 bits per heavy atom. The van der Waals surface area contributed by atoms with Crippen LogP contribution in [0.4, 0.5) is 10.1 Å². The van der Waals surface area contributed by atoms with Crippen LogP contribution < -0.4 is 16.2 Å². The van der Waals surface area contributed by atoms with Gasteiger partial charge in [0.1, 0.15) is 11.6 Å². The highest BCUT2D eigenvalue weighted by Crippen LogP contribution is 2.21. The molecule has 112 valence electrons. The van der Waals surface area contributed by atoms with Crippen molar-refractivity contribution in [3.8, 4) is 0 Å². The lowest BCUT2D eigenvalue weighted by molar-refractivity contribution is 0.0924. The van der Waals surface area contributed by atoms with E-state index >= 15 is 0 Å². The van der Waals surface area contributed by atoms with Crippen molar-refractivity contribution in [3.63, 3.8) is 0 Å². The summed E-state index contributed by atoms with van der Waals surface area (Å²) in [6.07, 6.45) is 0. The minimum atomic E-state index is -0.464. The fraction of sp³-hybridized carbons (Fsp3) is 0.267. The fourth-order valence-electron chi connectivity index (χ4n) is 2.10. The molecule has 0 spiro atoms. The van der Waals surface area contributed by atoms with E-state index in [1.165, 1.54) is 12.1 Å². The lowest BCUT2D eigenvalue weighted by Gasteiger charge is -2.22. The summed E-state index contributed by atoms with van der Waals surface area (Å²) in [4.78, 5) is 13.5. The van der Waals surface area contributed by atoms with Gasteiger partial charge >= 0.3 is 5.91 Å². The first-order valence-corrected chi connectivity index (χ1v) is 6.66. The molecule has 3 N–H and O–H groups in total. The minimum absolute atomic E-state index is 0.181. The third kappa shape index (κ3) is 3.41. The number of nitrogens with one attached hydrogen (secondary N) is 1. The smallest absolute Gasteiger partial charge is 0.300 e. The number of halogens is 1. The van der Waals surface area contributed by atoms with Crippen LogP contribution in [0.3, 0.4) is 0 Å². The molecule has 0 aliphatic heterocycles. The number of nitrogens with zero attached hydrogens (tertiary/aromatic N) is 1. The second kappa shape index (κ2) is 6.41. The number of furan rings is 1. The zero-order chi connectivity index (χ0) is 15.4.